The van der Waals surface area contributed by atoms with Gasteiger partial charge in [0.05, 0.1) is 18.6 Å². The van der Waals surface area contributed by atoms with E-state index in [-0.39, 0.29) is 11.7 Å². The van der Waals surface area contributed by atoms with E-state index in [1.807, 2.05) is 13.8 Å². The summed E-state index contributed by atoms with van der Waals surface area (Å²) in [7, 11) is -1.97. The number of nitrogens with two attached hydrogens (primary N) is 1. The highest BCUT2D eigenvalue weighted by Gasteiger charge is 2.20. The fourth-order valence-corrected chi connectivity index (χ4v) is 3.51. The van der Waals surface area contributed by atoms with E-state index in [0.29, 0.717) is 17.1 Å². The van der Waals surface area contributed by atoms with Crippen molar-refractivity contribution in [2.45, 2.75) is 20.3 Å². The van der Waals surface area contributed by atoms with Gasteiger partial charge in [-0.2, -0.15) is 0 Å². The van der Waals surface area contributed by atoms with Crippen LogP contribution in [-0.2, 0) is 14.6 Å². The van der Waals surface area contributed by atoms with E-state index < -0.39 is 21.5 Å². The molecule has 1 rings (SSSR count). The minimum Gasteiger partial charge on any atom is -0.495 e. The molecule has 118 valence electrons. The van der Waals surface area contributed by atoms with Crippen LogP contribution in [-0.4, -0.2) is 32.9 Å². The van der Waals surface area contributed by atoms with Gasteiger partial charge in [0.25, 0.3) is 0 Å². The van der Waals surface area contributed by atoms with Crippen molar-refractivity contribution in [2.24, 2.45) is 5.92 Å². The van der Waals surface area contributed by atoms with Gasteiger partial charge < -0.3 is 15.8 Å². The van der Waals surface area contributed by atoms with Gasteiger partial charge in [0, 0.05) is 5.69 Å². The molecule has 0 radical (unpaired) electrons. The average molecular weight is 314 g/mol. The number of hydrogen-bond donors (Lipinski definition) is 2. The van der Waals surface area contributed by atoms with Crippen LogP contribution in [0.15, 0.2) is 18.2 Å². The van der Waals surface area contributed by atoms with E-state index in [2.05, 4.69) is 5.32 Å². The number of carbonyl (C=O) groups is 1. The molecular formula is C14H22N2O4S. The summed E-state index contributed by atoms with van der Waals surface area (Å²) in [5.74, 6) is -0.677. The average Bonchev–Trinajstić information content (AvgIpc) is 2.37. The van der Waals surface area contributed by atoms with E-state index in [4.69, 9.17) is 10.5 Å². The maximum atomic E-state index is 11.9. The van der Waals surface area contributed by atoms with Gasteiger partial charge in [-0.1, -0.05) is 20.3 Å². The Hall–Kier alpha value is -1.76. The van der Waals surface area contributed by atoms with Crippen LogP contribution in [0.4, 0.5) is 11.4 Å². The molecule has 0 saturated heterocycles. The molecule has 0 aliphatic carbocycles. The molecule has 0 spiro atoms. The summed E-state index contributed by atoms with van der Waals surface area (Å²) in [4.78, 5) is 11.9. The van der Waals surface area contributed by atoms with Crippen LogP contribution in [0.25, 0.3) is 0 Å². The largest absolute Gasteiger partial charge is 0.495 e. The lowest BCUT2D eigenvalue weighted by Gasteiger charge is -2.12. The van der Waals surface area contributed by atoms with E-state index in [1.165, 1.54) is 13.2 Å². The van der Waals surface area contributed by atoms with Gasteiger partial charge >= 0.3 is 0 Å². The number of hydrogen-bond acceptors (Lipinski definition) is 5. The van der Waals surface area contributed by atoms with Crippen LogP contribution in [0.5, 0.6) is 5.75 Å². The molecule has 0 saturated carbocycles. The van der Waals surface area contributed by atoms with E-state index >= 15 is 0 Å². The minimum absolute atomic E-state index is 0.00494. The molecule has 1 unspecified atom stereocenters. The fraction of sp³-hybridized carbons (Fsp3) is 0.500. The standard InChI is InChI=1S/C14H22N2O4S/c1-4-10(2)8-21(18,19)9-14(17)16-12-7-11(15)5-6-13(12)20-3/h5-7,10H,4,8-9,15H2,1-3H3,(H,16,17). The van der Waals surface area contributed by atoms with Gasteiger partial charge in [0.1, 0.15) is 11.5 Å². The van der Waals surface area contributed by atoms with Crippen molar-refractivity contribution in [3.8, 4) is 5.75 Å². The van der Waals surface area contributed by atoms with Crippen molar-refractivity contribution in [3.63, 3.8) is 0 Å². The molecule has 1 amide bonds. The summed E-state index contributed by atoms with van der Waals surface area (Å²) in [5, 5.41) is 2.53. The molecule has 1 aromatic carbocycles. The minimum atomic E-state index is -3.43. The Morgan fingerprint density at radius 1 is 1.43 bits per heavy atom. The van der Waals surface area contributed by atoms with Gasteiger partial charge in [-0.3, -0.25) is 4.79 Å². The predicted octanol–water partition coefficient (Wildman–Crippen LogP) is 1.68. The van der Waals surface area contributed by atoms with Crippen LogP contribution in [0.3, 0.4) is 0 Å². The van der Waals surface area contributed by atoms with E-state index in [1.54, 1.807) is 12.1 Å². The Labute approximate surface area is 125 Å². The zero-order chi connectivity index (χ0) is 16.0. The highest BCUT2D eigenvalue weighted by molar-refractivity contribution is 7.92. The molecule has 1 aromatic rings. The van der Waals surface area contributed by atoms with Crippen molar-refractivity contribution in [3.05, 3.63) is 18.2 Å². The lowest BCUT2D eigenvalue weighted by atomic mass is 10.2. The maximum absolute atomic E-state index is 11.9. The summed E-state index contributed by atoms with van der Waals surface area (Å²) < 4.78 is 28.9. The van der Waals surface area contributed by atoms with Crippen molar-refractivity contribution in [1.82, 2.24) is 0 Å². The van der Waals surface area contributed by atoms with Crippen LogP contribution >= 0.6 is 0 Å². The third-order valence-corrected chi connectivity index (χ3v) is 4.86. The zero-order valence-corrected chi connectivity index (χ0v) is 13.4. The molecule has 3 N–H and O–H groups in total. The number of sulfone groups is 1. The molecule has 1 atom stereocenters. The van der Waals surface area contributed by atoms with E-state index in [0.717, 1.165) is 6.42 Å². The van der Waals surface area contributed by atoms with Crippen molar-refractivity contribution in [2.75, 3.05) is 29.7 Å². The first-order valence-corrected chi connectivity index (χ1v) is 8.53. The third-order valence-electron chi connectivity index (χ3n) is 3.08. The molecule has 6 nitrogen and oxygen atoms in total. The quantitative estimate of drug-likeness (QED) is 0.746. The normalized spacial score (nSPS) is 12.7. The van der Waals surface area contributed by atoms with Crippen molar-refractivity contribution in [1.29, 1.82) is 0 Å². The summed E-state index contributed by atoms with van der Waals surface area (Å²) in [5.41, 5.74) is 6.46. The fourth-order valence-electron chi connectivity index (χ4n) is 1.82. The second-order valence-corrected chi connectivity index (χ2v) is 7.19. The number of ether oxygens (including phenoxy) is 1. The van der Waals surface area contributed by atoms with Crippen molar-refractivity contribution < 1.29 is 17.9 Å². The lowest BCUT2D eigenvalue weighted by molar-refractivity contribution is -0.113. The highest BCUT2D eigenvalue weighted by atomic mass is 32.2. The first kappa shape index (κ1) is 17.3. The first-order valence-electron chi connectivity index (χ1n) is 6.71. The van der Waals surface area contributed by atoms with Gasteiger partial charge in [-0.05, 0) is 24.1 Å². The Morgan fingerprint density at radius 3 is 2.67 bits per heavy atom. The molecule has 0 heterocycles. The molecule has 7 heteroatoms. The maximum Gasteiger partial charge on any atom is 0.239 e. The number of anilines is 2. The summed E-state index contributed by atoms with van der Waals surface area (Å²) in [6.07, 6.45) is 0.754. The van der Waals surface area contributed by atoms with Crippen LogP contribution in [0, 0.1) is 5.92 Å². The van der Waals surface area contributed by atoms with Crippen LogP contribution in [0.1, 0.15) is 20.3 Å². The molecule has 0 aliphatic rings. The Bertz CT molecular complexity index is 599. The number of amides is 1. The number of methoxy groups -OCH3 is 1. The smallest absolute Gasteiger partial charge is 0.239 e. The van der Waals surface area contributed by atoms with Crippen LogP contribution in [0.2, 0.25) is 0 Å². The Morgan fingerprint density at radius 2 is 2.10 bits per heavy atom. The molecule has 0 aromatic heterocycles. The molecule has 0 aliphatic heterocycles. The molecule has 0 bridgehead atoms. The van der Waals surface area contributed by atoms with Crippen molar-refractivity contribution >= 4 is 27.1 Å². The number of rotatable bonds is 7. The zero-order valence-electron chi connectivity index (χ0n) is 12.5. The number of nitrogen functional groups attached to an aromatic ring is 1. The molecule has 21 heavy (non-hydrogen) atoms. The second kappa shape index (κ2) is 7.31. The topological polar surface area (TPSA) is 98.5 Å². The summed E-state index contributed by atoms with van der Waals surface area (Å²) in [6, 6.07) is 4.77. The van der Waals surface area contributed by atoms with Gasteiger partial charge in [-0.25, -0.2) is 8.42 Å². The lowest BCUT2D eigenvalue weighted by Crippen LogP contribution is -2.26. The Kier molecular flexibility index (Phi) is 6.02. The first-order chi connectivity index (χ1) is 9.77. The number of nitrogens with one attached hydrogen (secondary N) is 1. The van der Waals surface area contributed by atoms with Gasteiger partial charge in [-0.15, -0.1) is 0 Å². The molecular weight excluding hydrogens is 292 g/mol. The SMILES string of the molecule is CCC(C)CS(=O)(=O)CC(=O)Nc1cc(N)ccc1OC. The third kappa shape index (κ3) is 5.63. The summed E-state index contributed by atoms with van der Waals surface area (Å²) >= 11 is 0. The second-order valence-electron chi connectivity index (χ2n) is 5.08. The monoisotopic (exact) mass is 314 g/mol. The highest BCUT2D eigenvalue weighted by Crippen LogP contribution is 2.26. The van der Waals surface area contributed by atoms with E-state index in [9.17, 15) is 13.2 Å². The summed E-state index contributed by atoms with van der Waals surface area (Å²) in [6.45, 7) is 3.76. The molecule has 0 fully saturated rings. The Balaban J connectivity index is 2.76. The van der Waals surface area contributed by atoms with Gasteiger partial charge in [0.15, 0.2) is 9.84 Å². The number of carbonyl (C=O) groups excluding carboxylic acids is 1. The number of benzene rings is 1. The van der Waals surface area contributed by atoms with Gasteiger partial charge in [0.2, 0.25) is 5.91 Å². The van der Waals surface area contributed by atoms with Crippen LogP contribution < -0.4 is 15.8 Å². The predicted molar refractivity (Wildman–Crippen MR) is 84.1 cm³/mol.